The van der Waals surface area contributed by atoms with Crippen LogP contribution in [0, 0.1) is 0 Å². The van der Waals surface area contributed by atoms with E-state index in [1.54, 1.807) is 16.2 Å². The Hall–Kier alpha value is -1.70. The fourth-order valence-corrected chi connectivity index (χ4v) is 4.19. The van der Waals surface area contributed by atoms with Gasteiger partial charge in [-0.05, 0) is 46.7 Å². The van der Waals surface area contributed by atoms with Gasteiger partial charge >= 0.3 is 0 Å². The number of nitrogens with zero attached hydrogens (tertiary/aromatic N) is 2. The summed E-state index contributed by atoms with van der Waals surface area (Å²) in [5, 5.41) is 2.80. The van der Waals surface area contributed by atoms with Crippen molar-refractivity contribution in [2.75, 3.05) is 29.9 Å². The van der Waals surface area contributed by atoms with Gasteiger partial charge in [0.05, 0.1) is 21.7 Å². The molecule has 24 heavy (non-hydrogen) atoms. The molecule has 3 rings (SSSR count). The summed E-state index contributed by atoms with van der Waals surface area (Å²) < 4.78 is 1.08. The smallest absolute Gasteiger partial charge is 0.244 e. The van der Waals surface area contributed by atoms with Gasteiger partial charge in [-0.3, -0.25) is 19.4 Å². The summed E-state index contributed by atoms with van der Waals surface area (Å²) in [6.07, 6.45) is 0. The number of carbonyl (C=O) groups is 2. The molecule has 0 saturated heterocycles. The van der Waals surface area contributed by atoms with E-state index in [0.29, 0.717) is 5.69 Å². The fourth-order valence-electron chi connectivity index (χ4n) is 2.67. The minimum absolute atomic E-state index is 0.0604. The molecule has 0 bridgehead atoms. The summed E-state index contributed by atoms with van der Waals surface area (Å²) in [5.41, 5.74) is 1.45. The van der Waals surface area contributed by atoms with E-state index >= 15 is 0 Å². The number of rotatable bonds is 5. The van der Waals surface area contributed by atoms with Gasteiger partial charge in [-0.1, -0.05) is 19.1 Å². The molecule has 0 radical (unpaired) electrons. The Balaban J connectivity index is 1.72. The normalized spacial score (nSPS) is 13.8. The lowest BCUT2D eigenvalue weighted by Gasteiger charge is -2.31. The van der Waals surface area contributed by atoms with Gasteiger partial charge in [-0.15, -0.1) is 11.3 Å². The maximum absolute atomic E-state index is 12.8. The predicted molar refractivity (Wildman–Crippen MR) is 100 cm³/mol. The highest BCUT2D eigenvalue weighted by atomic mass is 79.9. The first-order valence-electron chi connectivity index (χ1n) is 7.72. The zero-order chi connectivity index (χ0) is 17.1. The number of hydrogen-bond acceptors (Lipinski definition) is 4. The number of para-hydroxylation sites is 2. The highest BCUT2D eigenvalue weighted by Gasteiger charge is 2.27. The topological polar surface area (TPSA) is 52.7 Å². The van der Waals surface area contributed by atoms with Gasteiger partial charge in [0, 0.05) is 11.4 Å². The Bertz CT molecular complexity index is 762. The number of halogens is 1. The number of amides is 2. The van der Waals surface area contributed by atoms with E-state index in [0.717, 1.165) is 22.6 Å². The Labute approximate surface area is 153 Å². The summed E-state index contributed by atoms with van der Waals surface area (Å²) in [6, 6.07) is 11.5. The van der Waals surface area contributed by atoms with Gasteiger partial charge in [0.1, 0.15) is 6.54 Å². The van der Waals surface area contributed by atoms with E-state index < -0.39 is 0 Å². The van der Waals surface area contributed by atoms with Crippen molar-refractivity contribution >= 4 is 50.5 Å². The lowest BCUT2D eigenvalue weighted by atomic mass is 10.2. The number of anilines is 2. The van der Waals surface area contributed by atoms with Crippen molar-refractivity contribution in [1.82, 2.24) is 4.90 Å². The molecule has 0 aliphatic carbocycles. The van der Waals surface area contributed by atoms with Crippen molar-refractivity contribution in [1.29, 1.82) is 0 Å². The summed E-state index contributed by atoms with van der Waals surface area (Å²) in [7, 11) is 0. The van der Waals surface area contributed by atoms with Gasteiger partial charge in [-0.25, -0.2) is 0 Å². The molecule has 2 heterocycles. The van der Waals surface area contributed by atoms with Gasteiger partial charge in [0.25, 0.3) is 0 Å². The predicted octanol–water partition coefficient (Wildman–Crippen LogP) is 3.32. The third kappa shape index (κ3) is 3.85. The number of benzene rings is 1. The highest BCUT2D eigenvalue weighted by molar-refractivity contribution is 9.11. The quantitative estimate of drug-likeness (QED) is 0.826. The molecule has 0 saturated carbocycles. The van der Waals surface area contributed by atoms with Crippen molar-refractivity contribution in [3.8, 4) is 0 Å². The first-order valence-corrected chi connectivity index (χ1v) is 9.33. The molecule has 126 valence electrons. The monoisotopic (exact) mass is 407 g/mol. The van der Waals surface area contributed by atoms with E-state index in [9.17, 15) is 9.59 Å². The maximum Gasteiger partial charge on any atom is 0.244 e. The highest BCUT2D eigenvalue weighted by Crippen LogP contribution is 2.29. The largest absolute Gasteiger partial charge is 0.323 e. The fraction of sp³-hybridized carbons (Fsp3) is 0.294. The van der Waals surface area contributed by atoms with Crippen LogP contribution in [0.1, 0.15) is 11.8 Å². The van der Waals surface area contributed by atoms with Crippen molar-refractivity contribution in [2.45, 2.75) is 13.5 Å². The second-order valence-corrected chi connectivity index (χ2v) is 8.10. The first-order chi connectivity index (χ1) is 11.6. The average molecular weight is 408 g/mol. The molecule has 0 atom stereocenters. The molecule has 0 unspecified atom stereocenters. The molecule has 7 heteroatoms. The molecule has 1 aliphatic heterocycles. The maximum atomic E-state index is 12.8. The third-order valence-corrected chi connectivity index (χ3v) is 5.49. The van der Waals surface area contributed by atoms with Crippen molar-refractivity contribution in [3.05, 3.63) is 45.1 Å². The molecule has 0 spiro atoms. The second kappa shape index (κ2) is 7.46. The van der Waals surface area contributed by atoms with Crippen molar-refractivity contribution in [2.24, 2.45) is 0 Å². The standard InChI is InChI=1S/C17H18BrN3O2S/c1-2-20(9-12-7-8-15(18)24-12)11-17(23)21-10-16(22)19-13-5-3-4-6-14(13)21/h3-8H,2,9-11H2,1H3,(H,19,22). The molecule has 2 amide bonds. The number of thiophene rings is 1. The van der Waals surface area contributed by atoms with Crippen LogP contribution in [0.2, 0.25) is 0 Å². The van der Waals surface area contributed by atoms with Crippen LogP contribution in [-0.2, 0) is 16.1 Å². The van der Waals surface area contributed by atoms with Crippen molar-refractivity contribution < 1.29 is 9.59 Å². The zero-order valence-corrected chi connectivity index (χ0v) is 15.7. The molecule has 1 aliphatic rings. The Morgan fingerprint density at radius 2 is 2.12 bits per heavy atom. The third-order valence-electron chi connectivity index (χ3n) is 3.89. The van der Waals surface area contributed by atoms with Crippen LogP contribution >= 0.6 is 27.3 Å². The van der Waals surface area contributed by atoms with Gasteiger partial charge < -0.3 is 5.32 Å². The van der Waals surface area contributed by atoms with E-state index in [1.807, 2.05) is 37.3 Å². The van der Waals surface area contributed by atoms with Crippen LogP contribution in [-0.4, -0.2) is 36.3 Å². The molecule has 1 N–H and O–H groups in total. The van der Waals surface area contributed by atoms with Crippen LogP contribution < -0.4 is 10.2 Å². The summed E-state index contributed by atoms with van der Waals surface area (Å²) >= 11 is 5.13. The number of hydrogen-bond donors (Lipinski definition) is 1. The molecule has 2 aromatic rings. The van der Waals surface area contributed by atoms with Crippen LogP contribution in [0.5, 0.6) is 0 Å². The number of fused-ring (bicyclic) bond motifs is 1. The molecule has 1 aromatic heterocycles. The van der Waals surface area contributed by atoms with Gasteiger partial charge in [-0.2, -0.15) is 0 Å². The minimum Gasteiger partial charge on any atom is -0.323 e. The Morgan fingerprint density at radius 1 is 1.33 bits per heavy atom. The summed E-state index contributed by atoms with van der Waals surface area (Å²) in [6.45, 7) is 3.88. The van der Waals surface area contributed by atoms with E-state index in [4.69, 9.17) is 0 Å². The minimum atomic E-state index is -0.160. The Kier molecular flexibility index (Phi) is 5.33. The van der Waals surface area contributed by atoms with Crippen LogP contribution in [0.4, 0.5) is 11.4 Å². The lowest BCUT2D eigenvalue weighted by molar-refractivity contribution is -0.122. The summed E-state index contributed by atoms with van der Waals surface area (Å²) in [5.74, 6) is -0.220. The number of likely N-dealkylation sites (N-methyl/N-ethyl adjacent to an activating group) is 1. The Morgan fingerprint density at radius 3 is 2.83 bits per heavy atom. The average Bonchev–Trinajstić information content (AvgIpc) is 2.98. The molecule has 1 aromatic carbocycles. The first kappa shape index (κ1) is 17.1. The lowest BCUT2D eigenvalue weighted by Crippen LogP contribution is -2.46. The molecular weight excluding hydrogens is 390 g/mol. The zero-order valence-electron chi connectivity index (χ0n) is 13.3. The molecule has 0 fully saturated rings. The molecule has 5 nitrogen and oxygen atoms in total. The van der Waals surface area contributed by atoms with E-state index in [1.165, 1.54) is 4.88 Å². The number of nitrogens with one attached hydrogen (secondary N) is 1. The van der Waals surface area contributed by atoms with Crippen LogP contribution in [0.15, 0.2) is 40.2 Å². The number of carbonyl (C=O) groups excluding carboxylic acids is 2. The van der Waals surface area contributed by atoms with Crippen LogP contribution in [0.3, 0.4) is 0 Å². The van der Waals surface area contributed by atoms with Gasteiger partial charge in [0.15, 0.2) is 0 Å². The SMILES string of the molecule is CCN(CC(=O)N1CC(=O)Nc2ccccc21)Cc1ccc(Br)s1. The van der Waals surface area contributed by atoms with E-state index in [-0.39, 0.29) is 24.9 Å². The second-order valence-electron chi connectivity index (χ2n) is 5.55. The van der Waals surface area contributed by atoms with E-state index in [2.05, 4.69) is 32.2 Å². The van der Waals surface area contributed by atoms with Crippen LogP contribution in [0.25, 0.3) is 0 Å². The van der Waals surface area contributed by atoms with Crippen molar-refractivity contribution in [3.63, 3.8) is 0 Å². The summed E-state index contributed by atoms with van der Waals surface area (Å²) in [4.78, 5) is 29.5. The molecular formula is C17H18BrN3O2S. The van der Waals surface area contributed by atoms with Gasteiger partial charge in [0.2, 0.25) is 11.8 Å².